The lowest BCUT2D eigenvalue weighted by Gasteiger charge is -2.50. The van der Waals surface area contributed by atoms with Crippen LogP contribution in [0.5, 0.6) is 0 Å². The molecule has 3 saturated carbocycles. The van der Waals surface area contributed by atoms with Crippen molar-refractivity contribution in [2.45, 2.75) is 136 Å². The molecule has 0 spiro atoms. The predicted octanol–water partition coefficient (Wildman–Crippen LogP) is 8.00. The van der Waals surface area contributed by atoms with E-state index in [2.05, 4.69) is 74.7 Å². The van der Waals surface area contributed by atoms with E-state index in [4.69, 9.17) is 8.85 Å². The van der Waals surface area contributed by atoms with Crippen LogP contribution in [0.2, 0.25) is 36.3 Å². The van der Waals surface area contributed by atoms with Crippen LogP contribution in [0, 0.1) is 28.6 Å². The summed E-state index contributed by atoms with van der Waals surface area (Å²) in [5.41, 5.74) is 0.644. The molecule has 0 saturated heterocycles. The highest BCUT2D eigenvalue weighted by molar-refractivity contribution is 6.74. The van der Waals surface area contributed by atoms with Crippen molar-refractivity contribution in [3.63, 3.8) is 0 Å². The van der Waals surface area contributed by atoms with Crippen LogP contribution in [0.25, 0.3) is 0 Å². The maximum Gasteiger partial charge on any atom is 0.192 e. The Bertz CT molecular complexity index is 692. The zero-order valence-electron chi connectivity index (χ0n) is 23.9. The summed E-state index contributed by atoms with van der Waals surface area (Å²) in [5.74, 6) is 1.87. The van der Waals surface area contributed by atoms with E-state index < -0.39 is 16.6 Å². The summed E-state index contributed by atoms with van der Waals surface area (Å²) in [6, 6.07) is 0. The number of aliphatic hydroxyl groups is 1. The van der Waals surface area contributed by atoms with Crippen LogP contribution in [-0.4, -0.2) is 41.1 Å². The van der Waals surface area contributed by atoms with E-state index in [1.807, 2.05) is 0 Å². The maximum absolute atomic E-state index is 10.2. The first kappa shape index (κ1) is 27.9. The van der Waals surface area contributed by atoms with Gasteiger partial charge in [0.05, 0.1) is 0 Å². The predicted molar refractivity (Wildman–Crippen MR) is 146 cm³/mol. The molecule has 1 N–H and O–H groups in total. The summed E-state index contributed by atoms with van der Waals surface area (Å²) >= 11 is 0. The van der Waals surface area contributed by atoms with Gasteiger partial charge in [0.1, 0.15) is 0 Å². The Morgan fingerprint density at radius 2 is 1.52 bits per heavy atom. The smallest absolute Gasteiger partial charge is 0.192 e. The third-order valence-electron chi connectivity index (χ3n) is 11.3. The summed E-state index contributed by atoms with van der Waals surface area (Å²) in [4.78, 5) is 0. The van der Waals surface area contributed by atoms with Gasteiger partial charge in [-0.1, -0.05) is 54.9 Å². The van der Waals surface area contributed by atoms with Gasteiger partial charge in [0.25, 0.3) is 0 Å². The fraction of sp³-hybridized carbons (Fsp3) is 1.00. The second-order valence-corrected chi connectivity index (χ2v) is 24.8. The molecule has 0 aliphatic heterocycles. The molecular weight excluding hydrogens is 440 g/mol. The SMILES string of the molecule is CC(C)(C)[Si](C)(C)OCCC1([C@H]2CC[C@H]3[C@@H](O[Si](C)(C)C(C)(C)C)CCC[C@]23C)CC1CO. The molecule has 6 atom stereocenters. The minimum atomic E-state index is -1.77. The van der Waals surface area contributed by atoms with Gasteiger partial charge in [0.15, 0.2) is 16.6 Å². The lowest BCUT2D eigenvalue weighted by molar-refractivity contribution is -0.0326. The topological polar surface area (TPSA) is 38.7 Å². The molecule has 0 heterocycles. The standard InChI is InChI=1S/C28H56O3Si2/c1-25(2,3)32(8,9)30-18-17-28(19-21(28)20-29)24-15-14-22-23(13-12-16-27(22,24)7)31-33(10,11)26(4,5)6/h21-24,29H,12-20H2,1-11H3/t21?,22-,23-,24-,27-,28?/m0/s1. The van der Waals surface area contributed by atoms with E-state index in [9.17, 15) is 5.11 Å². The van der Waals surface area contributed by atoms with Crippen molar-refractivity contribution in [1.29, 1.82) is 0 Å². The fourth-order valence-corrected chi connectivity index (χ4v) is 9.46. The van der Waals surface area contributed by atoms with E-state index in [0.717, 1.165) is 13.0 Å². The van der Waals surface area contributed by atoms with Gasteiger partial charge >= 0.3 is 0 Å². The molecule has 0 bridgehead atoms. The van der Waals surface area contributed by atoms with Crippen LogP contribution >= 0.6 is 0 Å². The number of hydrogen-bond acceptors (Lipinski definition) is 3. The number of aliphatic hydroxyl groups excluding tert-OH is 1. The molecule has 3 aliphatic carbocycles. The van der Waals surface area contributed by atoms with E-state index in [-0.39, 0.29) is 10.1 Å². The second-order valence-electron chi connectivity index (χ2n) is 15.2. The zero-order chi connectivity index (χ0) is 25.1. The first-order valence-corrected chi connectivity index (χ1v) is 19.7. The van der Waals surface area contributed by atoms with Crippen molar-refractivity contribution < 1.29 is 14.0 Å². The first-order valence-electron chi connectivity index (χ1n) is 13.8. The molecule has 3 fully saturated rings. The lowest BCUT2D eigenvalue weighted by atomic mass is 9.60. The van der Waals surface area contributed by atoms with Crippen molar-refractivity contribution in [1.82, 2.24) is 0 Å². The molecular formula is C28H56O3Si2. The van der Waals surface area contributed by atoms with Crippen molar-refractivity contribution in [2.24, 2.45) is 28.6 Å². The van der Waals surface area contributed by atoms with Crippen LogP contribution in [0.1, 0.15) is 93.4 Å². The third kappa shape index (κ3) is 5.10. The number of rotatable bonds is 8. The maximum atomic E-state index is 10.2. The van der Waals surface area contributed by atoms with Crippen molar-refractivity contribution in [3.05, 3.63) is 0 Å². The summed E-state index contributed by atoms with van der Waals surface area (Å²) < 4.78 is 13.7. The molecule has 0 aromatic rings. The van der Waals surface area contributed by atoms with Gasteiger partial charge < -0.3 is 14.0 Å². The average Bonchev–Trinajstić information content (AvgIpc) is 3.23. The molecule has 0 aromatic carbocycles. The van der Waals surface area contributed by atoms with Gasteiger partial charge in [0.2, 0.25) is 0 Å². The highest BCUT2D eigenvalue weighted by atomic mass is 28.4. The molecule has 2 unspecified atom stereocenters. The van der Waals surface area contributed by atoms with E-state index in [0.29, 0.717) is 41.3 Å². The highest BCUT2D eigenvalue weighted by Gasteiger charge is 2.66. The van der Waals surface area contributed by atoms with Crippen molar-refractivity contribution in [3.8, 4) is 0 Å². The minimum absolute atomic E-state index is 0.252. The second kappa shape index (κ2) is 9.01. The number of hydrogen-bond donors (Lipinski definition) is 1. The first-order chi connectivity index (χ1) is 14.9. The quantitative estimate of drug-likeness (QED) is 0.346. The van der Waals surface area contributed by atoms with Gasteiger partial charge in [-0.05, 0) is 103 Å². The minimum Gasteiger partial charge on any atom is -0.417 e. The summed E-state index contributed by atoms with van der Waals surface area (Å²) in [7, 11) is -3.51. The molecule has 0 amide bonds. The van der Waals surface area contributed by atoms with Gasteiger partial charge in [-0.25, -0.2) is 0 Å². The molecule has 5 heteroatoms. The van der Waals surface area contributed by atoms with Crippen LogP contribution in [0.4, 0.5) is 0 Å². The van der Waals surface area contributed by atoms with Crippen molar-refractivity contribution in [2.75, 3.05) is 13.2 Å². The average molecular weight is 497 g/mol. The van der Waals surface area contributed by atoms with Crippen LogP contribution < -0.4 is 0 Å². The largest absolute Gasteiger partial charge is 0.417 e. The third-order valence-corrected chi connectivity index (χ3v) is 20.4. The van der Waals surface area contributed by atoms with Crippen LogP contribution in [-0.2, 0) is 8.85 Å². The number of fused-ring (bicyclic) bond motifs is 1. The Balaban J connectivity index is 1.76. The van der Waals surface area contributed by atoms with Gasteiger partial charge in [-0.2, -0.15) is 0 Å². The van der Waals surface area contributed by atoms with Gasteiger partial charge in [-0.15, -0.1) is 0 Å². The lowest BCUT2D eigenvalue weighted by Crippen LogP contribution is -2.50. The molecule has 3 aliphatic rings. The zero-order valence-corrected chi connectivity index (χ0v) is 25.9. The summed E-state index contributed by atoms with van der Waals surface area (Å²) in [6.45, 7) is 27.5. The Hall–Kier alpha value is 0.314. The molecule has 3 nitrogen and oxygen atoms in total. The monoisotopic (exact) mass is 496 g/mol. The van der Waals surface area contributed by atoms with E-state index in [1.165, 1.54) is 38.5 Å². The molecule has 33 heavy (non-hydrogen) atoms. The highest BCUT2D eigenvalue weighted by Crippen LogP contribution is 2.71. The normalized spacial score (nSPS) is 37.8. The summed E-state index contributed by atoms with van der Waals surface area (Å²) in [6.07, 6.45) is 9.26. The Morgan fingerprint density at radius 3 is 2.03 bits per heavy atom. The Morgan fingerprint density at radius 1 is 0.909 bits per heavy atom. The fourth-order valence-electron chi connectivity index (χ4n) is 7.03. The van der Waals surface area contributed by atoms with E-state index in [1.54, 1.807) is 0 Å². The molecule has 3 rings (SSSR count). The molecule has 0 aromatic heterocycles. The van der Waals surface area contributed by atoms with Gasteiger partial charge in [-0.3, -0.25) is 0 Å². The molecule has 0 radical (unpaired) electrons. The summed E-state index contributed by atoms with van der Waals surface area (Å²) in [5, 5.41) is 10.7. The van der Waals surface area contributed by atoms with Crippen molar-refractivity contribution >= 4 is 16.6 Å². The van der Waals surface area contributed by atoms with Gasteiger partial charge in [0, 0.05) is 19.3 Å². The Kier molecular flexibility index (Phi) is 7.61. The van der Waals surface area contributed by atoms with Crippen LogP contribution in [0.3, 0.4) is 0 Å². The molecule has 194 valence electrons. The van der Waals surface area contributed by atoms with E-state index >= 15 is 0 Å². The Labute approximate surface area is 208 Å². The van der Waals surface area contributed by atoms with Crippen LogP contribution in [0.15, 0.2) is 0 Å².